The SMILES string of the molecule is CN1CCN(C2CCN(c3cc4c(cc3C#N)C(=O)c3c([nH]c5cc(C#C[Si](C)(C)C)ccc35)C4(C)C)CC2)CC1. The quantitative estimate of drug-likeness (QED) is 0.336. The topological polar surface area (TPSA) is 66.4 Å². The Bertz CT molecular complexity index is 1630. The molecule has 41 heavy (non-hydrogen) atoms. The molecule has 0 atom stereocenters. The fourth-order valence-electron chi connectivity index (χ4n) is 6.81. The second-order valence-electron chi connectivity index (χ2n) is 13.7. The maximum atomic E-state index is 14.0. The summed E-state index contributed by atoms with van der Waals surface area (Å²) >= 11 is 0. The van der Waals surface area contributed by atoms with Gasteiger partial charge >= 0.3 is 0 Å². The number of ketones is 1. The number of anilines is 1. The number of H-pyrrole nitrogens is 1. The molecule has 0 spiro atoms. The van der Waals surface area contributed by atoms with Gasteiger partial charge in [-0.15, -0.1) is 5.54 Å². The Hall–Kier alpha value is -3.36. The molecule has 3 aliphatic rings. The number of piperidine rings is 1. The highest BCUT2D eigenvalue weighted by molar-refractivity contribution is 6.83. The first-order valence-electron chi connectivity index (χ1n) is 15.0. The summed E-state index contributed by atoms with van der Waals surface area (Å²) in [6, 6.07) is 13.2. The number of hydrogen-bond donors (Lipinski definition) is 1. The minimum absolute atomic E-state index is 0.00154. The molecule has 1 aromatic heterocycles. The highest BCUT2D eigenvalue weighted by Gasteiger charge is 2.41. The molecule has 6 nitrogen and oxygen atoms in total. The lowest BCUT2D eigenvalue weighted by Crippen LogP contribution is -2.52. The third-order valence-corrected chi connectivity index (χ3v) is 10.1. The van der Waals surface area contributed by atoms with Gasteiger partial charge in [-0.25, -0.2) is 0 Å². The fourth-order valence-corrected chi connectivity index (χ4v) is 7.33. The smallest absolute Gasteiger partial charge is 0.195 e. The molecule has 2 aliphatic heterocycles. The van der Waals surface area contributed by atoms with Crippen molar-refractivity contribution in [2.45, 2.75) is 57.8 Å². The number of nitriles is 1. The van der Waals surface area contributed by atoms with Gasteiger partial charge in [0.1, 0.15) is 14.1 Å². The van der Waals surface area contributed by atoms with Gasteiger partial charge in [0, 0.05) is 78.4 Å². The second-order valence-corrected chi connectivity index (χ2v) is 18.4. The lowest BCUT2D eigenvalue weighted by Gasteiger charge is -2.43. The lowest BCUT2D eigenvalue weighted by molar-refractivity contribution is 0.0982. The monoisotopic (exact) mass is 563 g/mol. The maximum absolute atomic E-state index is 14.0. The van der Waals surface area contributed by atoms with Crippen LogP contribution in [0.2, 0.25) is 19.6 Å². The number of carbonyl (C=O) groups is 1. The number of nitrogens with one attached hydrogen (secondary N) is 1. The van der Waals surface area contributed by atoms with E-state index in [4.69, 9.17) is 0 Å². The zero-order valence-electron chi connectivity index (χ0n) is 25.3. The molecule has 212 valence electrons. The summed E-state index contributed by atoms with van der Waals surface area (Å²) in [4.78, 5) is 25.1. The number of aromatic amines is 1. The van der Waals surface area contributed by atoms with E-state index in [-0.39, 0.29) is 5.78 Å². The molecule has 2 aromatic carbocycles. The van der Waals surface area contributed by atoms with Crippen molar-refractivity contribution in [2.75, 3.05) is 51.2 Å². The molecule has 0 unspecified atom stereocenters. The van der Waals surface area contributed by atoms with Crippen LogP contribution in [-0.4, -0.2) is 81.0 Å². The highest BCUT2D eigenvalue weighted by Crippen LogP contribution is 2.46. The van der Waals surface area contributed by atoms with Crippen molar-refractivity contribution in [1.29, 1.82) is 5.26 Å². The van der Waals surface area contributed by atoms with E-state index < -0.39 is 13.5 Å². The van der Waals surface area contributed by atoms with E-state index in [0.29, 0.717) is 17.2 Å². The maximum Gasteiger partial charge on any atom is 0.195 e. The molecule has 2 fully saturated rings. The third kappa shape index (κ3) is 5.01. The van der Waals surface area contributed by atoms with Crippen LogP contribution in [0.3, 0.4) is 0 Å². The van der Waals surface area contributed by atoms with Gasteiger partial charge in [0.05, 0.1) is 16.8 Å². The van der Waals surface area contributed by atoms with Crippen molar-refractivity contribution < 1.29 is 4.79 Å². The van der Waals surface area contributed by atoms with E-state index in [0.717, 1.165) is 91.1 Å². The van der Waals surface area contributed by atoms with Crippen molar-refractivity contribution in [3.63, 3.8) is 0 Å². The van der Waals surface area contributed by atoms with Crippen molar-refractivity contribution in [1.82, 2.24) is 14.8 Å². The largest absolute Gasteiger partial charge is 0.370 e. The number of piperazine rings is 1. The second kappa shape index (κ2) is 10.2. The predicted molar refractivity (Wildman–Crippen MR) is 170 cm³/mol. The average molecular weight is 564 g/mol. The Balaban J connectivity index is 1.33. The van der Waals surface area contributed by atoms with Crippen LogP contribution in [0.15, 0.2) is 30.3 Å². The first kappa shape index (κ1) is 27.8. The van der Waals surface area contributed by atoms with E-state index in [1.807, 2.05) is 18.2 Å². The van der Waals surface area contributed by atoms with Crippen LogP contribution in [0.5, 0.6) is 0 Å². The van der Waals surface area contributed by atoms with Crippen molar-refractivity contribution in [3.05, 3.63) is 63.8 Å². The van der Waals surface area contributed by atoms with Crippen molar-refractivity contribution in [2.24, 2.45) is 0 Å². The minimum atomic E-state index is -1.50. The predicted octanol–water partition coefficient (Wildman–Crippen LogP) is 5.35. The van der Waals surface area contributed by atoms with Crippen LogP contribution in [0.4, 0.5) is 5.69 Å². The summed E-state index contributed by atoms with van der Waals surface area (Å²) in [7, 11) is 0.702. The van der Waals surface area contributed by atoms with E-state index in [9.17, 15) is 10.1 Å². The Morgan fingerprint density at radius 2 is 1.71 bits per heavy atom. The first-order valence-corrected chi connectivity index (χ1v) is 18.5. The molecular formula is C34H41N5OSi. The number of benzene rings is 2. The molecule has 7 heteroatoms. The third-order valence-electron chi connectivity index (χ3n) is 9.27. The Morgan fingerprint density at radius 1 is 1.00 bits per heavy atom. The minimum Gasteiger partial charge on any atom is -0.370 e. The lowest BCUT2D eigenvalue weighted by atomic mass is 9.70. The Morgan fingerprint density at radius 3 is 2.37 bits per heavy atom. The van der Waals surface area contributed by atoms with E-state index in [2.05, 4.69) is 89.9 Å². The number of carbonyl (C=O) groups excluding carboxylic acids is 1. The Kier molecular flexibility index (Phi) is 6.89. The number of aromatic nitrogens is 1. The van der Waals surface area contributed by atoms with Gasteiger partial charge in [-0.2, -0.15) is 5.26 Å². The van der Waals surface area contributed by atoms with Gasteiger partial charge in [-0.05, 0) is 49.7 Å². The van der Waals surface area contributed by atoms with Crippen molar-refractivity contribution >= 4 is 30.4 Å². The number of hydrogen-bond acceptors (Lipinski definition) is 5. The summed E-state index contributed by atoms with van der Waals surface area (Å²) in [5, 5.41) is 11.1. The molecule has 0 radical (unpaired) electrons. The van der Waals surface area contributed by atoms with Crippen LogP contribution in [-0.2, 0) is 5.41 Å². The molecule has 0 bridgehead atoms. The summed E-state index contributed by atoms with van der Waals surface area (Å²) in [5.41, 5.74) is 9.83. The summed E-state index contributed by atoms with van der Waals surface area (Å²) in [6.45, 7) is 17.5. The molecule has 6 rings (SSSR count). The number of likely N-dealkylation sites (N-methyl/N-ethyl adjacent to an activating group) is 1. The molecule has 1 N–H and O–H groups in total. The zero-order valence-corrected chi connectivity index (χ0v) is 26.3. The van der Waals surface area contributed by atoms with Gasteiger partial charge in [-0.3, -0.25) is 9.69 Å². The standard InChI is InChI=1S/C34H41N5OSi/c1-34(2)28-21-30(39-12-9-25(10-13-39)38-16-14-37(3)15-17-38)24(22-35)20-27(28)32(40)31-26-8-7-23(11-18-41(4,5)6)19-29(26)36-33(31)34/h7-8,19-21,25,36H,9-10,12-17H2,1-6H3. The normalized spacial score (nSPS) is 19.8. The van der Waals surface area contributed by atoms with Crippen LogP contribution in [0.25, 0.3) is 10.9 Å². The first-order chi connectivity index (χ1) is 19.5. The molecular weight excluding hydrogens is 522 g/mol. The van der Waals surface area contributed by atoms with Crippen LogP contribution in [0, 0.1) is 22.8 Å². The van der Waals surface area contributed by atoms with Crippen molar-refractivity contribution in [3.8, 4) is 17.5 Å². The van der Waals surface area contributed by atoms with E-state index >= 15 is 0 Å². The molecule has 0 amide bonds. The molecule has 0 saturated carbocycles. The number of fused-ring (bicyclic) bond motifs is 4. The van der Waals surface area contributed by atoms with Gasteiger partial charge in [0.15, 0.2) is 5.78 Å². The summed E-state index contributed by atoms with van der Waals surface area (Å²) in [5.74, 6) is 3.35. The van der Waals surface area contributed by atoms with Crippen LogP contribution in [0.1, 0.15) is 65.0 Å². The van der Waals surface area contributed by atoms with Crippen LogP contribution >= 0.6 is 0 Å². The Labute approximate surface area is 245 Å². The molecule has 1 aliphatic carbocycles. The summed E-state index contributed by atoms with van der Waals surface area (Å²) in [6.07, 6.45) is 2.20. The molecule has 3 heterocycles. The van der Waals surface area contributed by atoms with E-state index in [1.165, 1.54) is 0 Å². The number of nitrogens with zero attached hydrogens (tertiary/aromatic N) is 4. The van der Waals surface area contributed by atoms with Gasteiger partial charge in [-0.1, -0.05) is 45.5 Å². The highest BCUT2D eigenvalue weighted by atomic mass is 28.3. The fraction of sp³-hybridized carbons (Fsp3) is 0.471. The summed E-state index contributed by atoms with van der Waals surface area (Å²) < 4.78 is 0. The zero-order chi connectivity index (χ0) is 29.1. The van der Waals surface area contributed by atoms with Gasteiger partial charge in [0.2, 0.25) is 0 Å². The van der Waals surface area contributed by atoms with Crippen LogP contribution < -0.4 is 4.90 Å². The molecule has 3 aromatic rings. The average Bonchev–Trinajstić information content (AvgIpc) is 3.35. The van der Waals surface area contributed by atoms with Gasteiger partial charge in [0.25, 0.3) is 0 Å². The molecule has 2 saturated heterocycles. The van der Waals surface area contributed by atoms with Gasteiger partial charge < -0.3 is 14.8 Å². The van der Waals surface area contributed by atoms with E-state index in [1.54, 1.807) is 0 Å². The number of rotatable bonds is 2.